The van der Waals surface area contributed by atoms with Crippen molar-refractivity contribution in [2.75, 3.05) is 26.2 Å². The van der Waals surface area contributed by atoms with Crippen molar-refractivity contribution < 1.29 is 17.7 Å². The summed E-state index contributed by atoms with van der Waals surface area (Å²) < 4.78 is 32.5. The van der Waals surface area contributed by atoms with Gasteiger partial charge in [-0.05, 0) is 49.2 Å². The summed E-state index contributed by atoms with van der Waals surface area (Å²) in [6.07, 6.45) is 6.16. The van der Waals surface area contributed by atoms with Crippen LogP contribution in [0.5, 0.6) is 0 Å². The Bertz CT molecular complexity index is 1200. The number of amides is 1. The molecule has 2 aliphatic heterocycles. The number of nitrogens with zero attached hydrogens (tertiary/aromatic N) is 5. The highest BCUT2D eigenvalue weighted by atomic mass is 32.2. The average molecular weight is 454 g/mol. The van der Waals surface area contributed by atoms with Crippen LogP contribution in [0.15, 0.2) is 58.2 Å². The fraction of sp³-hybridized carbons (Fsp3) is 0.364. The Hall–Kier alpha value is -3.11. The van der Waals surface area contributed by atoms with E-state index in [1.807, 2.05) is 0 Å². The predicted octanol–water partition coefficient (Wildman–Crippen LogP) is 2.55. The molecule has 2 saturated heterocycles. The molecule has 32 heavy (non-hydrogen) atoms. The highest BCUT2D eigenvalue weighted by Crippen LogP contribution is 2.29. The summed E-state index contributed by atoms with van der Waals surface area (Å²) in [5.74, 6) is 0.847. The molecule has 0 unspecified atom stereocenters. The van der Waals surface area contributed by atoms with Gasteiger partial charge in [0.1, 0.15) is 0 Å². The molecule has 1 amide bonds. The lowest BCUT2D eigenvalue weighted by Crippen LogP contribution is -2.48. The second-order valence-electron chi connectivity index (χ2n) is 8.09. The zero-order valence-electron chi connectivity index (χ0n) is 17.4. The lowest BCUT2D eigenvalue weighted by atomic mass is 9.99. The molecular weight excluding hydrogens is 430 g/mol. The van der Waals surface area contributed by atoms with Crippen molar-refractivity contribution >= 4 is 15.9 Å². The second-order valence-corrected chi connectivity index (χ2v) is 10.0. The van der Waals surface area contributed by atoms with Crippen molar-refractivity contribution in [1.82, 2.24) is 24.3 Å². The third-order valence-corrected chi connectivity index (χ3v) is 7.87. The maximum atomic E-state index is 12.8. The van der Waals surface area contributed by atoms with E-state index in [0.717, 1.165) is 24.8 Å². The van der Waals surface area contributed by atoms with Crippen LogP contribution >= 0.6 is 0 Å². The Balaban J connectivity index is 1.21. The van der Waals surface area contributed by atoms with Crippen LogP contribution in [0.3, 0.4) is 0 Å². The molecule has 5 rings (SSSR count). The molecule has 0 N–H and O–H groups in total. The zero-order chi connectivity index (χ0) is 22.1. The van der Waals surface area contributed by atoms with Gasteiger partial charge >= 0.3 is 0 Å². The Morgan fingerprint density at radius 3 is 2.34 bits per heavy atom. The van der Waals surface area contributed by atoms with Crippen LogP contribution < -0.4 is 0 Å². The maximum Gasteiger partial charge on any atom is 0.253 e. The van der Waals surface area contributed by atoms with Crippen LogP contribution in [0.2, 0.25) is 0 Å². The molecule has 0 bridgehead atoms. The average Bonchev–Trinajstić information content (AvgIpc) is 3.29. The monoisotopic (exact) mass is 453 g/mol. The minimum atomic E-state index is -3.50. The van der Waals surface area contributed by atoms with Crippen molar-refractivity contribution in [3.05, 3.63) is 60.2 Å². The van der Waals surface area contributed by atoms with Crippen LogP contribution in [0.4, 0.5) is 0 Å². The zero-order valence-corrected chi connectivity index (χ0v) is 18.2. The van der Waals surface area contributed by atoms with Gasteiger partial charge in [-0.2, -0.15) is 9.29 Å². The number of hydrogen-bond acceptors (Lipinski definition) is 7. The molecule has 2 aromatic heterocycles. The molecule has 0 spiro atoms. The van der Waals surface area contributed by atoms with Crippen LogP contribution in [0, 0.1) is 0 Å². The summed E-state index contributed by atoms with van der Waals surface area (Å²) >= 11 is 0. The SMILES string of the molecule is O=C(c1ccc(S(=O)(=O)N2CCCCC2)cc1)N1CC(c2nc(-c3ccncc3)no2)C1. The highest BCUT2D eigenvalue weighted by molar-refractivity contribution is 7.89. The molecule has 2 aliphatic rings. The summed E-state index contributed by atoms with van der Waals surface area (Å²) in [5, 5.41) is 4.01. The molecule has 2 fully saturated rings. The van der Waals surface area contributed by atoms with E-state index in [-0.39, 0.29) is 16.7 Å². The first-order chi connectivity index (χ1) is 15.5. The topological polar surface area (TPSA) is 110 Å². The molecule has 3 aromatic rings. The Kier molecular flexibility index (Phi) is 5.48. The second kappa shape index (κ2) is 8.44. The molecule has 166 valence electrons. The van der Waals surface area contributed by atoms with Gasteiger partial charge in [-0.25, -0.2) is 8.42 Å². The number of piperidine rings is 1. The van der Waals surface area contributed by atoms with Gasteiger partial charge in [0.15, 0.2) is 0 Å². The number of rotatable bonds is 5. The van der Waals surface area contributed by atoms with Crippen LogP contribution in [-0.4, -0.2) is 64.8 Å². The Labute approximate surface area is 186 Å². The van der Waals surface area contributed by atoms with Gasteiger partial charge in [0, 0.05) is 49.7 Å². The molecule has 0 atom stereocenters. The van der Waals surface area contributed by atoms with Gasteiger partial charge in [-0.15, -0.1) is 0 Å². The molecule has 0 aliphatic carbocycles. The number of pyridine rings is 1. The fourth-order valence-corrected chi connectivity index (χ4v) is 5.54. The van der Waals surface area contributed by atoms with Crippen LogP contribution in [0.1, 0.15) is 41.4 Å². The van der Waals surface area contributed by atoms with Gasteiger partial charge in [0.25, 0.3) is 5.91 Å². The van der Waals surface area contributed by atoms with Crippen molar-refractivity contribution in [2.24, 2.45) is 0 Å². The number of carbonyl (C=O) groups excluding carboxylic acids is 1. The van der Waals surface area contributed by atoms with E-state index in [0.29, 0.717) is 43.5 Å². The quantitative estimate of drug-likeness (QED) is 0.584. The maximum absolute atomic E-state index is 12.8. The molecular formula is C22H23N5O4S. The Morgan fingerprint density at radius 2 is 1.66 bits per heavy atom. The number of benzene rings is 1. The van der Waals surface area contributed by atoms with E-state index in [2.05, 4.69) is 15.1 Å². The van der Waals surface area contributed by atoms with E-state index < -0.39 is 10.0 Å². The first kappa shape index (κ1) is 20.8. The van der Waals surface area contributed by atoms with Crippen LogP contribution in [-0.2, 0) is 10.0 Å². The van der Waals surface area contributed by atoms with E-state index in [1.165, 1.54) is 16.4 Å². The number of sulfonamides is 1. The van der Waals surface area contributed by atoms with Gasteiger partial charge in [0.2, 0.25) is 21.7 Å². The molecule has 1 aromatic carbocycles. The number of aromatic nitrogens is 3. The minimum absolute atomic E-state index is 0.0132. The molecule has 10 heteroatoms. The number of hydrogen-bond donors (Lipinski definition) is 0. The van der Waals surface area contributed by atoms with Gasteiger partial charge in [-0.3, -0.25) is 9.78 Å². The third kappa shape index (κ3) is 3.91. The normalized spacial score (nSPS) is 17.8. The summed E-state index contributed by atoms with van der Waals surface area (Å²) in [6.45, 7) is 2.06. The van der Waals surface area contributed by atoms with Gasteiger partial charge < -0.3 is 9.42 Å². The molecule has 0 saturated carbocycles. The lowest BCUT2D eigenvalue weighted by molar-refractivity contribution is 0.0569. The lowest BCUT2D eigenvalue weighted by Gasteiger charge is -2.37. The fourth-order valence-electron chi connectivity index (χ4n) is 4.03. The summed E-state index contributed by atoms with van der Waals surface area (Å²) in [7, 11) is -3.50. The van der Waals surface area contributed by atoms with Crippen molar-refractivity contribution in [3.63, 3.8) is 0 Å². The van der Waals surface area contributed by atoms with Crippen molar-refractivity contribution in [3.8, 4) is 11.4 Å². The van der Waals surface area contributed by atoms with Gasteiger partial charge in [-0.1, -0.05) is 11.6 Å². The van der Waals surface area contributed by atoms with Crippen molar-refractivity contribution in [2.45, 2.75) is 30.1 Å². The molecule has 0 radical (unpaired) electrons. The van der Waals surface area contributed by atoms with E-state index >= 15 is 0 Å². The predicted molar refractivity (Wildman–Crippen MR) is 115 cm³/mol. The first-order valence-electron chi connectivity index (χ1n) is 10.7. The van der Waals surface area contributed by atoms with E-state index in [1.54, 1.807) is 41.6 Å². The number of carbonyl (C=O) groups is 1. The standard InChI is InChI=1S/C22H23N5O4S/c28-22(17-4-6-19(7-5-17)32(29,30)27-12-2-1-3-13-27)26-14-18(15-26)21-24-20(25-31-21)16-8-10-23-11-9-16/h4-11,18H,1-3,12-15H2. The summed E-state index contributed by atoms with van der Waals surface area (Å²) in [5.41, 5.74) is 1.28. The summed E-state index contributed by atoms with van der Waals surface area (Å²) in [6, 6.07) is 9.82. The molecule has 9 nitrogen and oxygen atoms in total. The smallest absolute Gasteiger partial charge is 0.253 e. The highest BCUT2D eigenvalue weighted by Gasteiger charge is 2.36. The Morgan fingerprint density at radius 1 is 0.969 bits per heavy atom. The first-order valence-corrected chi connectivity index (χ1v) is 12.1. The minimum Gasteiger partial charge on any atom is -0.339 e. The molecule has 4 heterocycles. The van der Waals surface area contributed by atoms with Crippen molar-refractivity contribution in [1.29, 1.82) is 0 Å². The largest absolute Gasteiger partial charge is 0.339 e. The summed E-state index contributed by atoms with van der Waals surface area (Å²) in [4.78, 5) is 23.1. The third-order valence-electron chi connectivity index (χ3n) is 5.95. The van der Waals surface area contributed by atoms with E-state index in [9.17, 15) is 13.2 Å². The van der Waals surface area contributed by atoms with Gasteiger partial charge in [0.05, 0.1) is 10.8 Å². The van der Waals surface area contributed by atoms with Crippen LogP contribution in [0.25, 0.3) is 11.4 Å². The number of likely N-dealkylation sites (tertiary alicyclic amines) is 1. The van der Waals surface area contributed by atoms with E-state index in [4.69, 9.17) is 4.52 Å².